The average Bonchev–Trinajstić information content (AvgIpc) is 2.74. The fourth-order valence-electron chi connectivity index (χ4n) is 2.12. The van der Waals surface area contributed by atoms with E-state index in [1.807, 2.05) is 0 Å². The van der Waals surface area contributed by atoms with Crippen molar-refractivity contribution >= 4 is 27.7 Å². The molecule has 1 heterocycles. The number of rotatable bonds is 6. The Morgan fingerprint density at radius 1 is 1.33 bits per heavy atom. The van der Waals surface area contributed by atoms with Crippen LogP contribution >= 0.6 is 0 Å². The molecule has 0 radical (unpaired) electrons. The summed E-state index contributed by atoms with van der Waals surface area (Å²) in [6.45, 7) is -0.261. The van der Waals surface area contributed by atoms with Crippen molar-refractivity contribution in [1.82, 2.24) is 15.5 Å². The molecule has 21 heavy (non-hydrogen) atoms. The van der Waals surface area contributed by atoms with E-state index < -0.39 is 33.8 Å². The first-order valence-corrected chi connectivity index (χ1v) is 8.23. The number of hydrogen-bond acceptors (Lipinski definition) is 6. The molecule has 1 unspecified atom stereocenters. The van der Waals surface area contributed by atoms with Crippen LogP contribution in [0.4, 0.5) is 4.79 Å². The van der Waals surface area contributed by atoms with Gasteiger partial charge in [-0.25, -0.2) is 13.2 Å². The summed E-state index contributed by atoms with van der Waals surface area (Å²) in [5, 5.41) is 13.2. The number of carbonyl (C=O) groups excluding carboxylic acids is 2. The maximum absolute atomic E-state index is 11.5. The summed E-state index contributed by atoms with van der Waals surface area (Å²) in [4.78, 5) is 34.7. The van der Waals surface area contributed by atoms with Gasteiger partial charge in [0.25, 0.3) is 0 Å². The molecule has 0 aromatic heterocycles. The summed E-state index contributed by atoms with van der Waals surface area (Å²) in [5.74, 6) is -1.72. The quantitative estimate of drug-likeness (QED) is 0.537. The van der Waals surface area contributed by atoms with Crippen molar-refractivity contribution in [2.24, 2.45) is 0 Å². The molecule has 0 aromatic rings. The number of sulfone groups is 1. The number of carbonyl (C=O) groups is 3. The Balaban J connectivity index is 2.57. The van der Waals surface area contributed by atoms with Gasteiger partial charge < -0.3 is 10.4 Å². The summed E-state index contributed by atoms with van der Waals surface area (Å²) in [5.41, 5.74) is 0. The molecule has 0 saturated carbocycles. The van der Waals surface area contributed by atoms with Crippen LogP contribution in [0.5, 0.6) is 0 Å². The number of urea groups is 1. The van der Waals surface area contributed by atoms with Crippen LogP contribution in [0.25, 0.3) is 0 Å². The molecule has 1 aliphatic heterocycles. The van der Waals surface area contributed by atoms with Gasteiger partial charge in [0.05, 0.1) is 18.1 Å². The second kappa shape index (κ2) is 7.36. The molecule has 0 bridgehead atoms. The third-order valence-electron chi connectivity index (χ3n) is 3.17. The van der Waals surface area contributed by atoms with Crippen LogP contribution in [0.15, 0.2) is 0 Å². The highest BCUT2D eigenvalue weighted by atomic mass is 32.2. The number of carboxylic acid groups (broad SMARTS) is 1. The van der Waals surface area contributed by atoms with E-state index >= 15 is 0 Å². The fraction of sp³-hybridized carbons (Fsp3) is 0.727. The van der Waals surface area contributed by atoms with Crippen LogP contribution in [-0.4, -0.2) is 74.0 Å². The molecule has 0 aliphatic carbocycles. The molecule has 0 spiro atoms. The Hall–Kier alpha value is -1.68. The lowest BCUT2D eigenvalue weighted by Gasteiger charge is -2.25. The Morgan fingerprint density at radius 2 is 2.00 bits per heavy atom. The average molecular weight is 321 g/mol. The van der Waals surface area contributed by atoms with Gasteiger partial charge in [0.2, 0.25) is 5.91 Å². The van der Waals surface area contributed by atoms with Crippen LogP contribution in [-0.2, 0) is 19.4 Å². The van der Waals surface area contributed by atoms with Crippen LogP contribution in [0.2, 0.25) is 0 Å². The van der Waals surface area contributed by atoms with Gasteiger partial charge in [-0.2, -0.15) is 0 Å². The SMILES string of the molecule is CNC(=O)NC(=O)CCN(CC(=O)O)C1CCS(=O)(=O)C1. The van der Waals surface area contributed by atoms with E-state index in [1.165, 1.54) is 11.9 Å². The van der Waals surface area contributed by atoms with E-state index in [0.717, 1.165) is 0 Å². The Kier molecular flexibility index (Phi) is 6.09. The van der Waals surface area contributed by atoms with Crippen molar-refractivity contribution in [1.29, 1.82) is 0 Å². The van der Waals surface area contributed by atoms with Gasteiger partial charge in [-0.05, 0) is 6.42 Å². The normalized spacial score (nSPS) is 20.2. The standard InChI is InChI=1S/C11H19N3O6S/c1-12-11(18)13-9(15)2-4-14(6-10(16)17)8-3-5-21(19,20)7-8/h8H,2-7H2,1H3,(H,16,17)(H2,12,13,15,18). The van der Waals surface area contributed by atoms with E-state index in [9.17, 15) is 22.8 Å². The number of imide groups is 1. The first-order valence-electron chi connectivity index (χ1n) is 6.41. The van der Waals surface area contributed by atoms with Crippen molar-refractivity contribution < 1.29 is 27.9 Å². The maximum atomic E-state index is 11.5. The predicted octanol–water partition coefficient (Wildman–Crippen LogP) is -1.59. The van der Waals surface area contributed by atoms with Gasteiger partial charge in [0.1, 0.15) is 0 Å². The van der Waals surface area contributed by atoms with Crippen molar-refractivity contribution in [2.75, 3.05) is 31.6 Å². The Morgan fingerprint density at radius 3 is 2.48 bits per heavy atom. The van der Waals surface area contributed by atoms with Gasteiger partial charge in [0.15, 0.2) is 9.84 Å². The van der Waals surface area contributed by atoms with E-state index in [0.29, 0.717) is 6.42 Å². The molecule has 1 aliphatic rings. The number of carboxylic acids is 1. The summed E-state index contributed by atoms with van der Waals surface area (Å²) >= 11 is 0. The summed E-state index contributed by atoms with van der Waals surface area (Å²) in [6.07, 6.45) is 0.268. The van der Waals surface area contributed by atoms with Crippen LogP contribution in [0, 0.1) is 0 Å². The Bertz CT molecular complexity index is 518. The largest absolute Gasteiger partial charge is 0.480 e. The van der Waals surface area contributed by atoms with E-state index in [1.54, 1.807) is 0 Å². The molecule has 1 fully saturated rings. The lowest BCUT2D eigenvalue weighted by Crippen LogP contribution is -2.43. The number of aliphatic carboxylic acids is 1. The number of nitrogens with one attached hydrogen (secondary N) is 2. The summed E-state index contributed by atoms with van der Waals surface area (Å²) in [6, 6.07) is -1.05. The van der Waals surface area contributed by atoms with Crippen molar-refractivity contribution in [3.05, 3.63) is 0 Å². The minimum absolute atomic E-state index is 0.0260. The van der Waals surface area contributed by atoms with E-state index in [-0.39, 0.29) is 31.0 Å². The minimum Gasteiger partial charge on any atom is -0.480 e. The lowest BCUT2D eigenvalue weighted by molar-refractivity contribution is -0.139. The van der Waals surface area contributed by atoms with Gasteiger partial charge in [-0.15, -0.1) is 0 Å². The van der Waals surface area contributed by atoms with Gasteiger partial charge in [-0.1, -0.05) is 0 Å². The molecule has 1 rings (SSSR count). The smallest absolute Gasteiger partial charge is 0.321 e. The minimum atomic E-state index is -3.14. The zero-order valence-electron chi connectivity index (χ0n) is 11.7. The first kappa shape index (κ1) is 17.4. The third kappa shape index (κ3) is 6.08. The molecule has 0 aromatic carbocycles. The van der Waals surface area contributed by atoms with Crippen molar-refractivity contribution in [2.45, 2.75) is 18.9 Å². The highest BCUT2D eigenvalue weighted by Crippen LogP contribution is 2.17. The summed E-state index contributed by atoms with van der Waals surface area (Å²) < 4.78 is 22.9. The van der Waals surface area contributed by atoms with Crippen LogP contribution in [0.1, 0.15) is 12.8 Å². The molecule has 9 nitrogen and oxygen atoms in total. The van der Waals surface area contributed by atoms with Crippen LogP contribution < -0.4 is 10.6 Å². The number of amides is 3. The molecule has 3 amide bonds. The highest BCUT2D eigenvalue weighted by molar-refractivity contribution is 7.91. The molecule has 120 valence electrons. The van der Waals surface area contributed by atoms with Crippen LogP contribution in [0.3, 0.4) is 0 Å². The van der Waals surface area contributed by atoms with Crippen molar-refractivity contribution in [3.63, 3.8) is 0 Å². The molecule has 10 heteroatoms. The molecular weight excluding hydrogens is 302 g/mol. The Labute approximate surface area is 122 Å². The molecular formula is C11H19N3O6S. The second-order valence-corrected chi connectivity index (χ2v) is 7.03. The summed E-state index contributed by atoms with van der Waals surface area (Å²) in [7, 11) is -1.77. The second-order valence-electron chi connectivity index (χ2n) is 4.80. The van der Waals surface area contributed by atoms with Gasteiger partial charge in [-0.3, -0.25) is 19.8 Å². The lowest BCUT2D eigenvalue weighted by atomic mass is 10.2. The predicted molar refractivity (Wildman–Crippen MR) is 73.5 cm³/mol. The monoisotopic (exact) mass is 321 g/mol. The number of hydrogen-bond donors (Lipinski definition) is 3. The zero-order chi connectivity index (χ0) is 16.0. The topological polar surface area (TPSA) is 133 Å². The van der Waals surface area contributed by atoms with E-state index in [4.69, 9.17) is 5.11 Å². The third-order valence-corrected chi connectivity index (χ3v) is 4.92. The van der Waals surface area contributed by atoms with E-state index in [2.05, 4.69) is 10.6 Å². The first-order chi connectivity index (χ1) is 9.73. The van der Waals surface area contributed by atoms with Gasteiger partial charge in [0, 0.05) is 26.1 Å². The highest BCUT2D eigenvalue weighted by Gasteiger charge is 2.33. The zero-order valence-corrected chi connectivity index (χ0v) is 12.5. The van der Waals surface area contributed by atoms with Crippen molar-refractivity contribution in [3.8, 4) is 0 Å². The fourth-order valence-corrected chi connectivity index (χ4v) is 3.89. The maximum Gasteiger partial charge on any atom is 0.321 e. The molecule has 1 atom stereocenters. The number of nitrogens with zero attached hydrogens (tertiary/aromatic N) is 1. The molecule has 3 N–H and O–H groups in total. The van der Waals surface area contributed by atoms with Gasteiger partial charge >= 0.3 is 12.0 Å². The molecule has 1 saturated heterocycles.